The Bertz CT molecular complexity index is 560. The summed E-state index contributed by atoms with van der Waals surface area (Å²) in [5.74, 6) is 0.285. The van der Waals surface area contributed by atoms with Gasteiger partial charge in [0.15, 0.2) is 0 Å². The van der Waals surface area contributed by atoms with Gasteiger partial charge in [-0.2, -0.15) is 0 Å². The van der Waals surface area contributed by atoms with Gasteiger partial charge in [0.1, 0.15) is 9.73 Å². The lowest BCUT2D eigenvalue weighted by molar-refractivity contribution is 0.454. The van der Waals surface area contributed by atoms with Crippen molar-refractivity contribution in [1.29, 1.82) is 4.78 Å². The maximum absolute atomic E-state index is 11.3. The highest BCUT2D eigenvalue weighted by Gasteiger charge is 2.13. The van der Waals surface area contributed by atoms with E-state index in [1.807, 2.05) is 18.2 Å². The second-order valence-electron chi connectivity index (χ2n) is 3.08. The van der Waals surface area contributed by atoms with Gasteiger partial charge in [0, 0.05) is 11.8 Å². The predicted octanol–water partition coefficient (Wildman–Crippen LogP) is 1.77. The zero-order valence-corrected chi connectivity index (χ0v) is 8.82. The third-order valence-corrected chi connectivity index (χ3v) is 2.59. The van der Waals surface area contributed by atoms with Gasteiger partial charge in [-0.05, 0) is 12.1 Å². The van der Waals surface area contributed by atoms with Gasteiger partial charge >= 0.3 is 5.22 Å². The highest BCUT2D eigenvalue weighted by Crippen LogP contribution is 2.18. The van der Waals surface area contributed by atoms with E-state index in [0.29, 0.717) is 0 Å². The summed E-state index contributed by atoms with van der Waals surface area (Å²) in [7, 11) is -2.93. The molecule has 1 heterocycles. The fourth-order valence-electron chi connectivity index (χ4n) is 1.06. The van der Waals surface area contributed by atoms with Crippen LogP contribution in [-0.4, -0.2) is 20.7 Å². The molecule has 0 saturated carbocycles. The minimum atomic E-state index is -2.93. The van der Waals surface area contributed by atoms with Crippen LogP contribution < -0.4 is 0 Å². The molecular formula is C9H9N3O2S. The maximum atomic E-state index is 11.3. The zero-order valence-electron chi connectivity index (χ0n) is 8.01. The first-order valence-corrected chi connectivity index (χ1v) is 6.17. The lowest BCUT2D eigenvalue weighted by atomic mass is 10.2. The van der Waals surface area contributed by atoms with Gasteiger partial charge in [0.25, 0.3) is 0 Å². The number of aromatic nitrogens is 2. The van der Waals surface area contributed by atoms with E-state index < -0.39 is 9.73 Å². The largest absolute Gasteiger partial charge is 0.409 e. The molecule has 2 rings (SSSR count). The molecule has 15 heavy (non-hydrogen) atoms. The SMILES string of the molecule is CS(=N)(=O)c1nnc(-c2ccccc2)o1. The fraction of sp³-hybridized carbons (Fsp3) is 0.111. The van der Waals surface area contributed by atoms with E-state index in [1.54, 1.807) is 12.1 Å². The van der Waals surface area contributed by atoms with Crippen molar-refractivity contribution in [2.45, 2.75) is 5.22 Å². The molecule has 1 atom stereocenters. The van der Waals surface area contributed by atoms with Crippen LogP contribution in [0.25, 0.3) is 11.5 Å². The van der Waals surface area contributed by atoms with Crippen molar-refractivity contribution in [3.63, 3.8) is 0 Å². The highest BCUT2D eigenvalue weighted by molar-refractivity contribution is 7.91. The first-order valence-electron chi connectivity index (χ1n) is 4.20. The number of benzene rings is 1. The van der Waals surface area contributed by atoms with Crippen molar-refractivity contribution in [1.82, 2.24) is 10.2 Å². The third-order valence-electron chi connectivity index (χ3n) is 1.76. The van der Waals surface area contributed by atoms with Crippen molar-refractivity contribution in [3.05, 3.63) is 30.3 Å². The van der Waals surface area contributed by atoms with E-state index in [1.165, 1.54) is 6.26 Å². The Morgan fingerprint density at radius 1 is 1.27 bits per heavy atom. The Hall–Kier alpha value is -1.69. The molecule has 78 valence electrons. The Morgan fingerprint density at radius 2 is 1.93 bits per heavy atom. The minimum Gasteiger partial charge on any atom is -0.409 e. The number of hydrogen-bond donors (Lipinski definition) is 1. The van der Waals surface area contributed by atoms with Gasteiger partial charge in [-0.15, -0.1) is 5.10 Å². The maximum Gasteiger partial charge on any atom is 0.315 e. The number of nitrogens with one attached hydrogen (secondary N) is 1. The molecule has 5 nitrogen and oxygen atoms in total. The van der Waals surface area contributed by atoms with Crippen LogP contribution in [0.4, 0.5) is 0 Å². The average molecular weight is 223 g/mol. The van der Waals surface area contributed by atoms with Crippen LogP contribution in [0.5, 0.6) is 0 Å². The average Bonchev–Trinajstić information content (AvgIpc) is 2.67. The Balaban J connectivity index is 2.46. The Morgan fingerprint density at radius 3 is 2.47 bits per heavy atom. The van der Waals surface area contributed by atoms with Crippen LogP contribution in [0.2, 0.25) is 0 Å². The molecule has 1 aromatic heterocycles. The van der Waals surface area contributed by atoms with Crippen LogP contribution in [0, 0.1) is 4.78 Å². The molecule has 0 aliphatic carbocycles. The first kappa shape index (κ1) is 9.85. The van der Waals surface area contributed by atoms with Crippen LogP contribution in [0.15, 0.2) is 40.0 Å². The molecule has 0 fully saturated rings. The van der Waals surface area contributed by atoms with Gasteiger partial charge in [-0.3, -0.25) is 0 Å². The molecule has 2 aromatic rings. The number of hydrogen-bond acceptors (Lipinski definition) is 5. The van der Waals surface area contributed by atoms with Gasteiger partial charge in [-0.25, -0.2) is 8.99 Å². The van der Waals surface area contributed by atoms with Crippen molar-refractivity contribution in [3.8, 4) is 11.5 Å². The smallest absolute Gasteiger partial charge is 0.315 e. The summed E-state index contributed by atoms with van der Waals surface area (Å²) in [6.45, 7) is 0. The summed E-state index contributed by atoms with van der Waals surface area (Å²) >= 11 is 0. The second-order valence-corrected chi connectivity index (χ2v) is 5.12. The molecular weight excluding hydrogens is 214 g/mol. The second kappa shape index (κ2) is 3.47. The molecule has 0 radical (unpaired) electrons. The standard InChI is InChI=1S/C9H9N3O2S/c1-15(10,13)9-12-11-8(14-9)7-5-3-2-4-6-7/h2-6,10H,1H3. The van der Waals surface area contributed by atoms with Crippen molar-refractivity contribution in [2.75, 3.05) is 6.26 Å². The number of rotatable bonds is 2. The van der Waals surface area contributed by atoms with Crippen LogP contribution >= 0.6 is 0 Å². The van der Waals surface area contributed by atoms with E-state index in [0.717, 1.165) is 5.56 Å². The fourth-order valence-corrected chi connectivity index (χ4v) is 1.50. The monoisotopic (exact) mass is 223 g/mol. The van der Waals surface area contributed by atoms with E-state index >= 15 is 0 Å². The summed E-state index contributed by atoms with van der Waals surface area (Å²) in [5.41, 5.74) is 0.750. The summed E-state index contributed by atoms with van der Waals surface area (Å²) in [5, 5.41) is 7.18. The summed E-state index contributed by atoms with van der Waals surface area (Å²) in [6, 6.07) is 9.15. The van der Waals surface area contributed by atoms with E-state index in [2.05, 4.69) is 10.2 Å². The van der Waals surface area contributed by atoms with Gasteiger partial charge < -0.3 is 4.42 Å². The molecule has 6 heteroatoms. The topological polar surface area (TPSA) is 79.8 Å². The van der Waals surface area contributed by atoms with Gasteiger partial charge in [0.05, 0.1) is 0 Å². The molecule has 0 bridgehead atoms. The molecule has 0 aliphatic rings. The van der Waals surface area contributed by atoms with E-state index in [-0.39, 0.29) is 11.1 Å². The van der Waals surface area contributed by atoms with Gasteiger partial charge in [-0.1, -0.05) is 23.3 Å². The lowest BCUT2D eigenvalue weighted by Crippen LogP contribution is -1.94. The van der Waals surface area contributed by atoms with Crippen molar-refractivity contribution < 1.29 is 8.63 Å². The number of nitrogens with zero attached hydrogens (tertiary/aromatic N) is 2. The predicted molar refractivity (Wildman–Crippen MR) is 54.8 cm³/mol. The molecule has 0 saturated heterocycles. The molecule has 0 amide bonds. The van der Waals surface area contributed by atoms with Crippen LogP contribution in [0.1, 0.15) is 0 Å². The first-order chi connectivity index (χ1) is 7.07. The Labute approximate surface area is 87.1 Å². The molecule has 1 N–H and O–H groups in total. The van der Waals surface area contributed by atoms with E-state index in [4.69, 9.17) is 9.20 Å². The quantitative estimate of drug-likeness (QED) is 0.841. The molecule has 1 unspecified atom stereocenters. The van der Waals surface area contributed by atoms with Crippen molar-refractivity contribution in [2.24, 2.45) is 0 Å². The summed E-state index contributed by atoms with van der Waals surface area (Å²) < 4.78 is 23.7. The third kappa shape index (κ3) is 2.04. The summed E-state index contributed by atoms with van der Waals surface area (Å²) in [4.78, 5) is 0. The zero-order chi connectivity index (χ0) is 10.9. The van der Waals surface area contributed by atoms with Crippen LogP contribution in [0.3, 0.4) is 0 Å². The molecule has 0 spiro atoms. The highest BCUT2D eigenvalue weighted by atomic mass is 32.2. The van der Waals surface area contributed by atoms with Crippen LogP contribution in [-0.2, 0) is 9.73 Å². The molecule has 0 aliphatic heterocycles. The Kier molecular flexibility index (Phi) is 2.28. The summed E-state index contributed by atoms with van der Waals surface area (Å²) in [6.07, 6.45) is 1.25. The normalized spacial score (nSPS) is 14.7. The lowest BCUT2D eigenvalue weighted by Gasteiger charge is -1.92. The molecule has 1 aromatic carbocycles. The minimum absolute atomic E-state index is 0.138. The van der Waals surface area contributed by atoms with Crippen molar-refractivity contribution >= 4 is 9.73 Å². The van der Waals surface area contributed by atoms with E-state index in [9.17, 15) is 4.21 Å². The van der Waals surface area contributed by atoms with Gasteiger partial charge in [0.2, 0.25) is 5.89 Å².